The monoisotopic (exact) mass is 416 g/mol. The number of carbonyl (C=O) groups excluding carboxylic acids is 3. The number of rotatable bonds is 6. The highest BCUT2D eigenvalue weighted by molar-refractivity contribution is 8.00. The smallest absolute Gasteiger partial charge is 0.253 e. The van der Waals surface area contributed by atoms with Crippen LogP contribution in [-0.4, -0.2) is 44.8 Å². The van der Waals surface area contributed by atoms with E-state index < -0.39 is 23.3 Å². The van der Waals surface area contributed by atoms with Crippen LogP contribution in [-0.2, 0) is 27.3 Å². The lowest BCUT2D eigenvalue weighted by atomic mass is 10.0. The summed E-state index contributed by atoms with van der Waals surface area (Å²) in [6, 6.07) is 3.00. The van der Waals surface area contributed by atoms with Gasteiger partial charge in [0.25, 0.3) is 5.91 Å². The number of aliphatic carboxylic acids is 1. The molecule has 2 aromatic heterocycles. The minimum absolute atomic E-state index is 0.0955. The molecule has 2 atom stereocenters. The first kappa shape index (κ1) is 18.6. The molecule has 4 heterocycles. The minimum Gasteiger partial charge on any atom is -0.543 e. The lowest BCUT2D eigenvalue weighted by molar-refractivity contribution is -0.689. The highest BCUT2D eigenvalue weighted by atomic mass is 32.2. The Labute approximate surface area is 168 Å². The van der Waals surface area contributed by atoms with E-state index in [4.69, 9.17) is 0 Å². The van der Waals surface area contributed by atoms with Crippen molar-refractivity contribution in [3.05, 3.63) is 58.4 Å². The highest BCUT2D eigenvalue weighted by Crippen LogP contribution is 2.40. The van der Waals surface area contributed by atoms with Crippen molar-refractivity contribution >= 4 is 40.9 Å². The number of thioether (sulfide) groups is 1. The second-order valence-corrected chi connectivity index (χ2v) is 8.51. The van der Waals surface area contributed by atoms with Crippen LogP contribution < -0.4 is 15.0 Å². The Morgan fingerprint density at radius 3 is 2.82 bits per heavy atom. The van der Waals surface area contributed by atoms with Crippen molar-refractivity contribution in [1.29, 1.82) is 0 Å². The summed E-state index contributed by atoms with van der Waals surface area (Å²) in [6.07, 6.45) is 6.86. The van der Waals surface area contributed by atoms with Crippen molar-refractivity contribution in [3.8, 4) is 0 Å². The van der Waals surface area contributed by atoms with Gasteiger partial charge in [-0.15, -0.1) is 23.1 Å². The predicted molar refractivity (Wildman–Crippen MR) is 99.5 cm³/mol. The molecule has 1 N–H and O–H groups in total. The molecule has 2 aliphatic rings. The summed E-state index contributed by atoms with van der Waals surface area (Å²) in [5.74, 6) is -1.62. The van der Waals surface area contributed by atoms with E-state index in [-0.39, 0.29) is 18.0 Å². The maximum atomic E-state index is 12.6. The predicted octanol–water partition coefficient (Wildman–Crippen LogP) is -0.923. The Kier molecular flexibility index (Phi) is 5.14. The van der Waals surface area contributed by atoms with Gasteiger partial charge >= 0.3 is 0 Å². The van der Waals surface area contributed by atoms with Gasteiger partial charge in [0, 0.05) is 16.2 Å². The van der Waals surface area contributed by atoms with Gasteiger partial charge in [0.15, 0.2) is 18.9 Å². The number of hydrogen-bond donors (Lipinski definition) is 1. The number of amides is 2. The van der Waals surface area contributed by atoms with E-state index in [1.54, 1.807) is 29.4 Å². The molecule has 0 radical (unpaired) electrons. The molecule has 4 rings (SSSR count). The van der Waals surface area contributed by atoms with E-state index in [0.717, 1.165) is 4.88 Å². The molecule has 2 aromatic rings. The van der Waals surface area contributed by atoms with Gasteiger partial charge in [-0.2, -0.15) is 4.57 Å². The van der Waals surface area contributed by atoms with Crippen molar-refractivity contribution in [1.82, 2.24) is 15.2 Å². The number of nitrogens with zero attached hydrogens (tertiary/aromatic N) is 3. The average Bonchev–Trinajstić information content (AvgIpc) is 3.19. The molecule has 0 aliphatic carbocycles. The zero-order valence-electron chi connectivity index (χ0n) is 14.6. The molecule has 10 heteroatoms. The number of hydrogen-bond acceptors (Lipinski definition) is 7. The quantitative estimate of drug-likeness (QED) is 0.482. The molecular weight excluding hydrogens is 400 g/mol. The number of aromatic nitrogens is 2. The van der Waals surface area contributed by atoms with Crippen molar-refractivity contribution in [2.24, 2.45) is 0 Å². The van der Waals surface area contributed by atoms with Crippen molar-refractivity contribution in [2.45, 2.75) is 24.4 Å². The fourth-order valence-electron chi connectivity index (χ4n) is 3.26. The first-order valence-electron chi connectivity index (χ1n) is 8.53. The fraction of sp³-hybridized carbons (Fsp3) is 0.278. The van der Waals surface area contributed by atoms with E-state index in [1.807, 2.05) is 17.5 Å². The molecule has 2 aliphatic heterocycles. The van der Waals surface area contributed by atoms with E-state index in [1.165, 1.54) is 28.0 Å². The molecule has 0 spiro atoms. The number of carbonyl (C=O) groups is 3. The number of nitrogens with one attached hydrogen (secondary N) is 1. The van der Waals surface area contributed by atoms with Crippen LogP contribution in [0.4, 0.5) is 0 Å². The average molecular weight is 416 g/mol. The zero-order valence-corrected chi connectivity index (χ0v) is 16.2. The van der Waals surface area contributed by atoms with Gasteiger partial charge in [-0.05, 0) is 11.4 Å². The molecule has 2 amide bonds. The molecule has 0 aromatic carbocycles. The maximum Gasteiger partial charge on any atom is 0.253 e. The Bertz CT molecular complexity index is 946. The molecule has 0 saturated carbocycles. The van der Waals surface area contributed by atoms with Gasteiger partial charge in [-0.25, -0.2) is 0 Å². The Balaban J connectivity index is 1.49. The number of β-lactam (4-membered cyclic amide) rings is 1. The summed E-state index contributed by atoms with van der Waals surface area (Å²) in [5, 5.41) is 15.9. The van der Waals surface area contributed by atoms with Gasteiger partial charge in [-0.3, -0.25) is 19.5 Å². The van der Waals surface area contributed by atoms with Crippen LogP contribution in [0.15, 0.2) is 53.6 Å². The minimum atomic E-state index is -1.38. The van der Waals surface area contributed by atoms with Gasteiger partial charge in [-0.1, -0.05) is 6.07 Å². The summed E-state index contributed by atoms with van der Waals surface area (Å²) in [4.78, 5) is 42.6. The van der Waals surface area contributed by atoms with Crippen LogP contribution in [0.1, 0.15) is 4.88 Å². The number of fused-ring (bicyclic) bond motifs is 1. The number of carboxylic acid groups (broad SMARTS) is 1. The maximum absolute atomic E-state index is 12.6. The fourth-order valence-corrected chi connectivity index (χ4v) is 5.30. The Morgan fingerprint density at radius 1 is 1.36 bits per heavy atom. The normalized spacial score (nSPS) is 21.1. The van der Waals surface area contributed by atoms with Crippen LogP contribution in [0.25, 0.3) is 0 Å². The SMILES string of the molecule is O=C(Cc1cccs1)NC1C(=O)N2C(C(=O)[O-])=C(C[n+]3ccncc3)CS[C@H]12. The lowest BCUT2D eigenvalue weighted by Crippen LogP contribution is -2.71. The largest absolute Gasteiger partial charge is 0.543 e. The van der Waals surface area contributed by atoms with E-state index in [9.17, 15) is 19.5 Å². The Morgan fingerprint density at radius 2 is 2.14 bits per heavy atom. The van der Waals surface area contributed by atoms with Crippen molar-refractivity contribution < 1.29 is 24.1 Å². The molecular formula is C18H16N4O4S2. The summed E-state index contributed by atoms with van der Waals surface area (Å²) in [6.45, 7) is 0.324. The van der Waals surface area contributed by atoms with Crippen molar-refractivity contribution in [2.75, 3.05) is 5.75 Å². The molecule has 28 heavy (non-hydrogen) atoms. The van der Waals surface area contributed by atoms with Gasteiger partial charge in [0.05, 0.1) is 30.5 Å². The van der Waals surface area contributed by atoms with E-state index in [2.05, 4.69) is 10.3 Å². The van der Waals surface area contributed by atoms with E-state index >= 15 is 0 Å². The summed E-state index contributed by atoms with van der Waals surface area (Å²) >= 11 is 2.91. The molecule has 1 unspecified atom stereocenters. The molecule has 0 bridgehead atoms. The summed E-state index contributed by atoms with van der Waals surface area (Å²) in [5.41, 5.74) is 0.496. The van der Waals surface area contributed by atoms with Gasteiger partial charge < -0.3 is 15.2 Å². The number of thiophene rings is 1. The van der Waals surface area contributed by atoms with Crippen molar-refractivity contribution in [3.63, 3.8) is 0 Å². The third-order valence-electron chi connectivity index (χ3n) is 4.53. The summed E-state index contributed by atoms with van der Waals surface area (Å²) in [7, 11) is 0. The zero-order chi connectivity index (χ0) is 19.7. The lowest BCUT2D eigenvalue weighted by Gasteiger charge is -2.50. The third kappa shape index (κ3) is 3.52. The first-order valence-corrected chi connectivity index (χ1v) is 10.5. The van der Waals surface area contributed by atoms with Crippen LogP contribution in [0, 0.1) is 0 Å². The molecule has 1 saturated heterocycles. The summed E-state index contributed by atoms with van der Waals surface area (Å²) < 4.78 is 1.79. The van der Waals surface area contributed by atoms with Crippen LogP contribution in [0.3, 0.4) is 0 Å². The Hall–Kier alpha value is -2.72. The molecule has 144 valence electrons. The molecule has 8 nitrogen and oxygen atoms in total. The topological polar surface area (TPSA) is 106 Å². The highest BCUT2D eigenvalue weighted by Gasteiger charge is 2.53. The van der Waals surface area contributed by atoms with Crippen LogP contribution in [0.5, 0.6) is 0 Å². The van der Waals surface area contributed by atoms with Gasteiger partial charge in [0.1, 0.15) is 11.4 Å². The third-order valence-corrected chi connectivity index (χ3v) is 6.75. The van der Waals surface area contributed by atoms with Crippen LogP contribution in [0.2, 0.25) is 0 Å². The van der Waals surface area contributed by atoms with Gasteiger partial charge in [0.2, 0.25) is 5.91 Å². The second-order valence-electron chi connectivity index (χ2n) is 6.37. The number of carboxylic acids is 1. The van der Waals surface area contributed by atoms with E-state index in [0.29, 0.717) is 17.9 Å². The second kappa shape index (κ2) is 7.72. The molecule has 1 fully saturated rings. The first-order chi connectivity index (χ1) is 13.5. The standard InChI is InChI=1S/C18H16N4O4S2/c23-13(8-12-2-1-7-27-12)20-14-16(24)22-15(18(25)26)11(10-28-17(14)22)9-21-5-3-19-4-6-21/h1-7,14,17H,8-10H2,(H-,20,23,25,26)/t14?,17-/m1/s1. The van der Waals surface area contributed by atoms with Crippen LogP contribution >= 0.6 is 23.1 Å².